The van der Waals surface area contributed by atoms with Gasteiger partial charge in [-0.1, -0.05) is 30.3 Å². The standard InChI is InChI=1S/C16H14O6/c17-8-10-4-6-11(7-5-10)9-22-13-3-1-2-12(15(18)19)14(13)16(20)21/h1-7,17H,8-9H2,(H,18,19)(H,20,21). The van der Waals surface area contributed by atoms with Crippen LogP contribution in [0, 0.1) is 0 Å². The number of hydrogen-bond acceptors (Lipinski definition) is 4. The van der Waals surface area contributed by atoms with Crippen LogP contribution in [0.1, 0.15) is 31.8 Å². The summed E-state index contributed by atoms with van der Waals surface area (Å²) in [6.07, 6.45) is 0. The molecule has 6 heteroatoms. The largest absolute Gasteiger partial charge is 0.488 e. The van der Waals surface area contributed by atoms with Gasteiger partial charge < -0.3 is 20.1 Å². The van der Waals surface area contributed by atoms with Crippen molar-refractivity contribution in [2.24, 2.45) is 0 Å². The summed E-state index contributed by atoms with van der Waals surface area (Å²) >= 11 is 0. The van der Waals surface area contributed by atoms with Crippen LogP contribution in [0.3, 0.4) is 0 Å². The number of carboxylic acids is 2. The van der Waals surface area contributed by atoms with E-state index in [1.807, 2.05) is 0 Å². The third-order valence-electron chi connectivity index (χ3n) is 3.07. The highest BCUT2D eigenvalue weighted by atomic mass is 16.5. The van der Waals surface area contributed by atoms with Crippen LogP contribution in [0.4, 0.5) is 0 Å². The molecule has 0 saturated heterocycles. The van der Waals surface area contributed by atoms with Gasteiger partial charge in [-0.25, -0.2) is 9.59 Å². The molecule has 22 heavy (non-hydrogen) atoms. The van der Waals surface area contributed by atoms with E-state index in [0.29, 0.717) is 0 Å². The van der Waals surface area contributed by atoms with Crippen molar-refractivity contribution in [3.05, 3.63) is 64.7 Å². The predicted octanol–water partition coefficient (Wildman–Crippen LogP) is 2.15. The maximum atomic E-state index is 11.3. The Labute approximate surface area is 126 Å². The van der Waals surface area contributed by atoms with Crippen molar-refractivity contribution < 1.29 is 29.6 Å². The highest BCUT2D eigenvalue weighted by molar-refractivity contribution is 6.03. The lowest BCUT2D eigenvalue weighted by molar-refractivity contribution is 0.0647. The summed E-state index contributed by atoms with van der Waals surface area (Å²) in [6, 6.07) is 11.0. The Morgan fingerprint density at radius 1 is 0.909 bits per heavy atom. The molecule has 6 nitrogen and oxygen atoms in total. The van der Waals surface area contributed by atoms with Crippen molar-refractivity contribution in [1.29, 1.82) is 0 Å². The van der Waals surface area contributed by atoms with E-state index in [-0.39, 0.29) is 30.1 Å². The first-order valence-corrected chi connectivity index (χ1v) is 6.44. The number of aliphatic hydroxyl groups excluding tert-OH is 1. The van der Waals surface area contributed by atoms with E-state index in [4.69, 9.17) is 14.9 Å². The van der Waals surface area contributed by atoms with Crippen LogP contribution in [0.5, 0.6) is 5.75 Å². The summed E-state index contributed by atoms with van der Waals surface area (Å²) in [5.41, 5.74) is 0.833. The Morgan fingerprint density at radius 2 is 1.55 bits per heavy atom. The summed E-state index contributed by atoms with van der Waals surface area (Å²) < 4.78 is 5.44. The Balaban J connectivity index is 2.23. The molecule has 3 N–H and O–H groups in total. The van der Waals surface area contributed by atoms with Gasteiger partial charge in [0.05, 0.1) is 12.2 Å². The first-order valence-electron chi connectivity index (χ1n) is 6.44. The molecule has 0 spiro atoms. The van der Waals surface area contributed by atoms with Gasteiger partial charge in [0.2, 0.25) is 0 Å². The lowest BCUT2D eigenvalue weighted by Crippen LogP contribution is -2.10. The minimum absolute atomic E-state index is 0.00126. The fraction of sp³-hybridized carbons (Fsp3) is 0.125. The molecule has 2 rings (SSSR count). The maximum absolute atomic E-state index is 11.3. The second-order valence-electron chi connectivity index (χ2n) is 4.55. The number of carbonyl (C=O) groups is 2. The van der Waals surface area contributed by atoms with Gasteiger partial charge in [0.25, 0.3) is 0 Å². The van der Waals surface area contributed by atoms with Crippen LogP contribution < -0.4 is 4.74 Å². The van der Waals surface area contributed by atoms with E-state index < -0.39 is 11.9 Å². The Hall–Kier alpha value is -2.86. The van der Waals surface area contributed by atoms with E-state index in [9.17, 15) is 14.7 Å². The molecule has 0 fully saturated rings. The molecule has 0 aromatic heterocycles. The number of rotatable bonds is 6. The van der Waals surface area contributed by atoms with Gasteiger partial charge in [-0.3, -0.25) is 0 Å². The van der Waals surface area contributed by atoms with E-state index >= 15 is 0 Å². The minimum Gasteiger partial charge on any atom is -0.488 e. The molecule has 114 valence electrons. The zero-order valence-electron chi connectivity index (χ0n) is 11.5. The molecular weight excluding hydrogens is 288 g/mol. The highest BCUT2D eigenvalue weighted by Gasteiger charge is 2.21. The smallest absolute Gasteiger partial charge is 0.340 e. The molecular formula is C16H14O6. The van der Waals surface area contributed by atoms with Crippen LogP contribution in [0.2, 0.25) is 0 Å². The van der Waals surface area contributed by atoms with E-state index in [1.54, 1.807) is 24.3 Å². The Kier molecular flexibility index (Phi) is 4.75. The number of ether oxygens (including phenoxy) is 1. The van der Waals surface area contributed by atoms with Gasteiger partial charge in [0, 0.05) is 0 Å². The van der Waals surface area contributed by atoms with Gasteiger partial charge >= 0.3 is 11.9 Å². The SMILES string of the molecule is O=C(O)c1cccc(OCc2ccc(CO)cc2)c1C(=O)O. The Morgan fingerprint density at radius 3 is 2.09 bits per heavy atom. The highest BCUT2D eigenvalue weighted by Crippen LogP contribution is 2.24. The van der Waals surface area contributed by atoms with E-state index in [0.717, 1.165) is 11.1 Å². The van der Waals surface area contributed by atoms with Crippen molar-refractivity contribution in [1.82, 2.24) is 0 Å². The van der Waals surface area contributed by atoms with Crippen molar-refractivity contribution in [3.63, 3.8) is 0 Å². The van der Waals surface area contributed by atoms with E-state index in [2.05, 4.69) is 0 Å². The molecule has 0 saturated carbocycles. The van der Waals surface area contributed by atoms with Crippen molar-refractivity contribution in [3.8, 4) is 5.75 Å². The van der Waals surface area contributed by atoms with Crippen LogP contribution in [-0.4, -0.2) is 27.3 Å². The lowest BCUT2D eigenvalue weighted by atomic mass is 10.1. The number of benzene rings is 2. The summed E-state index contributed by atoms with van der Waals surface area (Å²) in [5, 5.41) is 27.2. The van der Waals surface area contributed by atoms with Gasteiger partial charge in [-0.15, -0.1) is 0 Å². The molecule has 0 aliphatic carbocycles. The second kappa shape index (κ2) is 6.73. The van der Waals surface area contributed by atoms with Crippen molar-refractivity contribution >= 4 is 11.9 Å². The van der Waals surface area contributed by atoms with Crippen molar-refractivity contribution in [2.75, 3.05) is 0 Å². The summed E-state index contributed by atoms with van der Waals surface area (Å²) in [6.45, 7) is 0.0278. The third kappa shape index (κ3) is 3.42. The molecule has 0 atom stereocenters. The topological polar surface area (TPSA) is 104 Å². The first kappa shape index (κ1) is 15.5. The molecule has 0 heterocycles. The Bertz CT molecular complexity index is 690. The normalized spacial score (nSPS) is 10.2. The average molecular weight is 302 g/mol. The van der Waals surface area contributed by atoms with Gasteiger partial charge in [0.1, 0.15) is 17.9 Å². The average Bonchev–Trinajstić information content (AvgIpc) is 2.52. The van der Waals surface area contributed by atoms with Gasteiger partial charge in [-0.2, -0.15) is 0 Å². The molecule has 2 aromatic rings. The number of aromatic carboxylic acids is 2. The minimum atomic E-state index is -1.36. The fourth-order valence-electron chi connectivity index (χ4n) is 1.95. The second-order valence-corrected chi connectivity index (χ2v) is 4.55. The number of hydrogen-bond donors (Lipinski definition) is 3. The molecule has 0 bridgehead atoms. The van der Waals surface area contributed by atoms with Crippen LogP contribution in [0.15, 0.2) is 42.5 Å². The van der Waals surface area contributed by atoms with Gasteiger partial charge in [-0.05, 0) is 23.3 Å². The van der Waals surface area contributed by atoms with Crippen LogP contribution in [-0.2, 0) is 13.2 Å². The first-order chi connectivity index (χ1) is 10.5. The summed E-state index contributed by atoms with van der Waals surface area (Å²) in [4.78, 5) is 22.4. The molecule has 0 unspecified atom stereocenters. The van der Waals surface area contributed by atoms with Crippen LogP contribution in [0.25, 0.3) is 0 Å². The number of carboxylic acid groups (broad SMARTS) is 2. The zero-order chi connectivity index (χ0) is 16.1. The predicted molar refractivity (Wildman–Crippen MR) is 77.1 cm³/mol. The van der Waals surface area contributed by atoms with Crippen LogP contribution >= 0.6 is 0 Å². The molecule has 0 radical (unpaired) electrons. The summed E-state index contributed by atoms with van der Waals surface area (Å²) in [7, 11) is 0. The number of aliphatic hydroxyl groups is 1. The van der Waals surface area contributed by atoms with Crippen molar-refractivity contribution in [2.45, 2.75) is 13.2 Å². The molecule has 0 aliphatic heterocycles. The lowest BCUT2D eigenvalue weighted by Gasteiger charge is -2.11. The third-order valence-corrected chi connectivity index (χ3v) is 3.07. The maximum Gasteiger partial charge on any atom is 0.340 e. The molecule has 0 amide bonds. The quantitative estimate of drug-likeness (QED) is 0.755. The van der Waals surface area contributed by atoms with E-state index in [1.165, 1.54) is 18.2 Å². The zero-order valence-corrected chi connectivity index (χ0v) is 11.5. The fourth-order valence-corrected chi connectivity index (χ4v) is 1.95. The monoisotopic (exact) mass is 302 g/mol. The van der Waals surface area contributed by atoms with Gasteiger partial charge in [0.15, 0.2) is 0 Å². The summed E-state index contributed by atoms with van der Waals surface area (Å²) in [5.74, 6) is -2.68. The molecule has 2 aromatic carbocycles. The molecule has 0 aliphatic rings.